The fourth-order valence-corrected chi connectivity index (χ4v) is 1.88. The van der Waals surface area contributed by atoms with E-state index in [9.17, 15) is 4.79 Å². The molecule has 2 unspecified atom stereocenters. The molecule has 1 saturated heterocycles. The highest BCUT2D eigenvalue weighted by Gasteiger charge is 2.27. The minimum Gasteiger partial charge on any atom is -0.339 e. The number of nitrogens with zero attached hydrogens (tertiary/aromatic N) is 2. The number of hydrogen-bond donors (Lipinski definition) is 1. The van der Waals surface area contributed by atoms with Crippen molar-refractivity contribution in [2.75, 3.05) is 26.7 Å². The summed E-state index contributed by atoms with van der Waals surface area (Å²) in [5, 5.41) is 0. The molecule has 4 nitrogen and oxygen atoms in total. The third-order valence-electron chi connectivity index (χ3n) is 2.95. The fraction of sp³-hybridized carbons (Fsp3) is 0.900. The molecule has 0 aromatic heterocycles. The Morgan fingerprint density at radius 3 is 2.71 bits per heavy atom. The Morgan fingerprint density at radius 1 is 1.57 bits per heavy atom. The van der Waals surface area contributed by atoms with Crippen molar-refractivity contribution in [2.45, 2.75) is 32.4 Å². The van der Waals surface area contributed by atoms with Crippen LogP contribution in [0.4, 0.5) is 0 Å². The minimum absolute atomic E-state index is 0.0801. The highest BCUT2D eigenvalue weighted by Crippen LogP contribution is 2.11. The molecule has 1 amide bonds. The second kappa shape index (κ2) is 4.75. The first-order chi connectivity index (χ1) is 6.56. The number of piperazine rings is 1. The Bertz CT molecular complexity index is 206. The van der Waals surface area contributed by atoms with E-state index in [2.05, 4.69) is 18.9 Å². The van der Waals surface area contributed by atoms with Crippen LogP contribution in [0, 0.1) is 0 Å². The van der Waals surface area contributed by atoms with Crippen molar-refractivity contribution in [3.05, 3.63) is 0 Å². The molecule has 2 N–H and O–H groups in total. The van der Waals surface area contributed by atoms with Crippen LogP contribution in [0.15, 0.2) is 0 Å². The van der Waals surface area contributed by atoms with Crippen molar-refractivity contribution in [3.63, 3.8) is 0 Å². The lowest BCUT2D eigenvalue weighted by Crippen LogP contribution is -2.55. The summed E-state index contributed by atoms with van der Waals surface area (Å²) in [5.41, 5.74) is 5.58. The number of rotatable bonds is 2. The Balaban J connectivity index is 2.54. The molecule has 1 aliphatic rings. The van der Waals surface area contributed by atoms with Crippen LogP contribution in [0.2, 0.25) is 0 Å². The highest BCUT2D eigenvalue weighted by atomic mass is 16.2. The topological polar surface area (TPSA) is 49.6 Å². The van der Waals surface area contributed by atoms with E-state index >= 15 is 0 Å². The first kappa shape index (κ1) is 11.5. The lowest BCUT2D eigenvalue weighted by Gasteiger charge is -2.39. The van der Waals surface area contributed by atoms with Crippen LogP contribution in [0.3, 0.4) is 0 Å². The van der Waals surface area contributed by atoms with Gasteiger partial charge in [-0.25, -0.2) is 0 Å². The van der Waals surface area contributed by atoms with Crippen molar-refractivity contribution in [3.8, 4) is 0 Å². The molecule has 0 aromatic rings. The van der Waals surface area contributed by atoms with Crippen molar-refractivity contribution in [2.24, 2.45) is 5.73 Å². The van der Waals surface area contributed by atoms with Gasteiger partial charge in [-0.1, -0.05) is 6.92 Å². The lowest BCUT2D eigenvalue weighted by atomic mass is 10.1. The van der Waals surface area contributed by atoms with Gasteiger partial charge in [-0.05, 0) is 20.4 Å². The van der Waals surface area contributed by atoms with Gasteiger partial charge in [0.15, 0.2) is 0 Å². The zero-order valence-electron chi connectivity index (χ0n) is 9.36. The monoisotopic (exact) mass is 199 g/mol. The lowest BCUT2D eigenvalue weighted by molar-refractivity contribution is -0.135. The molecular formula is C10H21N3O. The van der Waals surface area contributed by atoms with Crippen molar-refractivity contribution < 1.29 is 4.79 Å². The molecule has 1 heterocycles. The van der Waals surface area contributed by atoms with Crippen LogP contribution in [0.5, 0.6) is 0 Å². The third-order valence-corrected chi connectivity index (χ3v) is 2.95. The summed E-state index contributed by atoms with van der Waals surface area (Å²) in [6, 6.07) is 0.127. The van der Waals surface area contributed by atoms with Gasteiger partial charge in [-0.2, -0.15) is 0 Å². The maximum absolute atomic E-state index is 11.6. The fourth-order valence-electron chi connectivity index (χ4n) is 1.88. The smallest absolute Gasteiger partial charge is 0.239 e. The Labute approximate surface area is 86.0 Å². The number of likely N-dealkylation sites (N-methyl/N-ethyl adjacent to an activating group) is 1. The standard InChI is InChI=1S/C10H21N3O/c1-4-9-7-13(6-5-12(9)3)10(14)8(2)11/h8-9H,4-7,11H2,1-3H3. The summed E-state index contributed by atoms with van der Waals surface area (Å²) in [7, 11) is 2.11. The first-order valence-electron chi connectivity index (χ1n) is 5.30. The van der Waals surface area contributed by atoms with Crippen LogP contribution in [0.1, 0.15) is 20.3 Å². The molecule has 0 spiro atoms. The van der Waals surface area contributed by atoms with Crippen molar-refractivity contribution in [1.29, 1.82) is 0 Å². The van der Waals surface area contributed by atoms with E-state index < -0.39 is 0 Å². The Kier molecular flexibility index (Phi) is 3.89. The number of carbonyl (C=O) groups is 1. The van der Waals surface area contributed by atoms with Gasteiger partial charge in [0.05, 0.1) is 6.04 Å². The number of hydrogen-bond acceptors (Lipinski definition) is 3. The largest absolute Gasteiger partial charge is 0.339 e. The Hall–Kier alpha value is -0.610. The summed E-state index contributed by atoms with van der Waals surface area (Å²) in [4.78, 5) is 15.8. The molecule has 0 aromatic carbocycles. The van der Waals surface area contributed by atoms with Gasteiger partial charge < -0.3 is 10.6 Å². The van der Waals surface area contributed by atoms with E-state index in [1.807, 2.05) is 4.90 Å². The minimum atomic E-state index is -0.365. The van der Waals surface area contributed by atoms with Gasteiger partial charge in [0.2, 0.25) is 5.91 Å². The third kappa shape index (κ3) is 2.45. The van der Waals surface area contributed by atoms with E-state index in [0.717, 1.165) is 26.1 Å². The van der Waals surface area contributed by atoms with E-state index in [4.69, 9.17) is 5.73 Å². The van der Waals surface area contributed by atoms with E-state index in [1.165, 1.54) is 0 Å². The predicted molar refractivity (Wildman–Crippen MR) is 56.9 cm³/mol. The molecule has 14 heavy (non-hydrogen) atoms. The molecule has 4 heteroatoms. The molecule has 0 aliphatic carbocycles. The molecule has 1 fully saturated rings. The van der Waals surface area contributed by atoms with Crippen LogP contribution in [0.25, 0.3) is 0 Å². The molecule has 0 saturated carbocycles. The Morgan fingerprint density at radius 2 is 2.21 bits per heavy atom. The van der Waals surface area contributed by atoms with Gasteiger partial charge in [0, 0.05) is 25.7 Å². The first-order valence-corrected chi connectivity index (χ1v) is 5.30. The van der Waals surface area contributed by atoms with E-state index in [1.54, 1.807) is 6.92 Å². The van der Waals surface area contributed by atoms with Crippen LogP contribution < -0.4 is 5.73 Å². The molecule has 0 bridgehead atoms. The van der Waals surface area contributed by atoms with E-state index in [-0.39, 0.29) is 11.9 Å². The summed E-state index contributed by atoms with van der Waals surface area (Å²) in [6.07, 6.45) is 1.08. The zero-order chi connectivity index (χ0) is 10.7. The zero-order valence-corrected chi connectivity index (χ0v) is 9.36. The molecular weight excluding hydrogens is 178 g/mol. The summed E-state index contributed by atoms with van der Waals surface area (Å²) < 4.78 is 0. The summed E-state index contributed by atoms with van der Waals surface area (Å²) in [6.45, 7) is 6.50. The van der Waals surface area contributed by atoms with Gasteiger partial charge in [-0.3, -0.25) is 9.69 Å². The predicted octanol–water partition coefficient (Wildman–Crippen LogP) is -0.114. The molecule has 1 rings (SSSR count). The van der Waals surface area contributed by atoms with Crippen LogP contribution in [-0.4, -0.2) is 54.5 Å². The van der Waals surface area contributed by atoms with Crippen LogP contribution in [-0.2, 0) is 4.79 Å². The van der Waals surface area contributed by atoms with Gasteiger partial charge in [0.25, 0.3) is 0 Å². The van der Waals surface area contributed by atoms with Gasteiger partial charge in [-0.15, -0.1) is 0 Å². The van der Waals surface area contributed by atoms with E-state index in [0.29, 0.717) is 6.04 Å². The maximum atomic E-state index is 11.6. The summed E-state index contributed by atoms with van der Waals surface area (Å²) >= 11 is 0. The SMILES string of the molecule is CCC1CN(C(=O)C(C)N)CCN1C. The molecule has 1 aliphatic heterocycles. The van der Waals surface area contributed by atoms with Gasteiger partial charge in [0.1, 0.15) is 0 Å². The maximum Gasteiger partial charge on any atom is 0.239 e. The van der Waals surface area contributed by atoms with Gasteiger partial charge >= 0.3 is 0 Å². The number of carbonyl (C=O) groups excluding carboxylic acids is 1. The van der Waals surface area contributed by atoms with Crippen molar-refractivity contribution in [1.82, 2.24) is 9.80 Å². The number of nitrogens with two attached hydrogens (primary N) is 1. The molecule has 2 atom stereocenters. The second-order valence-corrected chi connectivity index (χ2v) is 4.12. The van der Waals surface area contributed by atoms with Crippen LogP contribution >= 0.6 is 0 Å². The molecule has 0 radical (unpaired) electrons. The number of amides is 1. The summed E-state index contributed by atoms with van der Waals surface area (Å²) in [5.74, 6) is 0.0801. The quantitative estimate of drug-likeness (QED) is 0.675. The van der Waals surface area contributed by atoms with Crippen molar-refractivity contribution >= 4 is 5.91 Å². The normalized spacial score (nSPS) is 26.3. The second-order valence-electron chi connectivity index (χ2n) is 4.12. The average Bonchev–Trinajstić information content (AvgIpc) is 2.17. The molecule has 82 valence electrons. The average molecular weight is 199 g/mol. The highest BCUT2D eigenvalue weighted by molar-refractivity contribution is 5.81.